The predicted octanol–water partition coefficient (Wildman–Crippen LogP) is 33.8. The van der Waals surface area contributed by atoms with E-state index in [-0.39, 0.29) is 43.6 Å². The highest BCUT2D eigenvalue weighted by Crippen LogP contribution is 2.65. The number of nitrogens with two attached hydrogens (primary N) is 1. The number of thiophene rings is 4. The molecule has 4 atom stereocenters. The highest BCUT2D eigenvalue weighted by Gasteiger charge is 2.60. The van der Waals surface area contributed by atoms with Crippen LogP contribution in [0.1, 0.15) is 257 Å². The van der Waals surface area contributed by atoms with E-state index in [9.17, 15) is 0 Å². The average Bonchev–Trinajstić information content (AvgIpc) is 1.53. The summed E-state index contributed by atoms with van der Waals surface area (Å²) in [4.78, 5) is 8.00. The molecule has 4 nitrogen and oxygen atoms in total. The van der Waals surface area contributed by atoms with Gasteiger partial charge in [0.25, 0.3) is 0 Å². The average molecular weight is 1690 g/mol. The molecule has 4 aromatic heterocycles. The van der Waals surface area contributed by atoms with Gasteiger partial charge in [-0.1, -0.05) is 233 Å². The van der Waals surface area contributed by atoms with Crippen molar-refractivity contribution in [2.24, 2.45) is 0 Å². The molecule has 0 bridgehead atoms. The zero-order chi connectivity index (χ0) is 82.1. The number of aryl methyl sites for hydroxylation is 2. The summed E-state index contributed by atoms with van der Waals surface area (Å²) in [6, 6.07) is 68.9. The van der Waals surface area contributed by atoms with Crippen LogP contribution in [0.15, 0.2) is 197 Å². The third kappa shape index (κ3) is 13.5. The summed E-state index contributed by atoms with van der Waals surface area (Å²) in [6.07, 6.45) is 15.0. The fourth-order valence-corrected chi connectivity index (χ4v) is 26.6. The Morgan fingerprint density at radius 1 is 0.388 bits per heavy atom. The molecular formula is C106H118BrClN4S4. The molecule has 0 amide bonds. The van der Waals surface area contributed by atoms with Gasteiger partial charge in [-0.3, -0.25) is 0 Å². The van der Waals surface area contributed by atoms with E-state index in [1.54, 1.807) is 22.5 Å². The first-order valence-corrected chi connectivity index (χ1v) is 47.2. The van der Waals surface area contributed by atoms with E-state index in [0.29, 0.717) is 10.8 Å². The lowest BCUT2D eigenvalue weighted by atomic mass is 9.61. The van der Waals surface area contributed by atoms with E-state index in [4.69, 9.17) is 17.3 Å². The molecule has 2 aliphatic heterocycles. The van der Waals surface area contributed by atoms with Gasteiger partial charge in [0.05, 0.1) is 31.9 Å². The smallest absolute Gasteiger partial charge is 0.0648 e. The Morgan fingerprint density at radius 2 is 0.819 bits per heavy atom. The van der Waals surface area contributed by atoms with Crippen molar-refractivity contribution in [1.29, 1.82) is 0 Å². The zero-order valence-electron chi connectivity index (χ0n) is 72.3. The SMILES string of the molecule is CC1(C)CCC(C)(C)c2cc3c(Br)csc3cc21.Cc1cc(Cl)cc(N2c3ccc(C(C)(C)C)cc3C3(C)CCCCC23C)c1.Cc1cc(N(c2csc3cc4c(cc23)C(C)(C)CCC4(C)C)c2cccc3c2sc2ccccc23)cc(N2c3ccc(C(C)(C)C)cc3C3(C)CCCCC23C)c1.Nc1cccc2c1sc1ccccc12. The van der Waals surface area contributed by atoms with Crippen LogP contribution in [0.5, 0.6) is 0 Å². The van der Waals surface area contributed by atoms with Gasteiger partial charge in [0, 0.05) is 116 Å². The van der Waals surface area contributed by atoms with Crippen molar-refractivity contribution in [3.05, 3.63) is 258 Å². The number of nitrogens with zero attached hydrogens (tertiary/aromatic N) is 3. The monoisotopic (exact) mass is 1690 g/mol. The molecule has 14 aromatic rings. The van der Waals surface area contributed by atoms with Gasteiger partial charge in [-0.05, 0) is 280 Å². The maximum Gasteiger partial charge on any atom is 0.0648 e. The quantitative estimate of drug-likeness (QED) is 0.174. The summed E-state index contributed by atoms with van der Waals surface area (Å²) >= 11 is 17.6. The van der Waals surface area contributed by atoms with Crippen LogP contribution in [-0.2, 0) is 43.3 Å². The van der Waals surface area contributed by atoms with Gasteiger partial charge in [0.15, 0.2) is 0 Å². The molecule has 2 fully saturated rings. The van der Waals surface area contributed by atoms with Crippen LogP contribution >= 0.6 is 72.9 Å². The molecule has 10 heteroatoms. The Bertz CT molecular complexity index is 6200. The number of halogens is 2. The Labute approximate surface area is 721 Å². The van der Waals surface area contributed by atoms with Crippen molar-refractivity contribution in [1.82, 2.24) is 0 Å². The summed E-state index contributed by atoms with van der Waals surface area (Å²) in [5.41, 5.74) is 31.9. The lowest BCUT2D eigenvalue weighted by molar-refractivity contribution is 0.194. The molecule has 0 saturated heterocycles. The third-order valence-corrected chi connectivity index (χ3v) is 34.6. The number of rotatable bonds is 5. The van der Waals surface area contributed by atoms with Gasteiger partial charge >= 0.3 is 0 Å². The topological polar surface area (TPSA) is 35.7 Å². The van der Waals surface area contributed by atoms with Gasteiger partial charge in [-0.15, -0.1) is 45.3 Å². The fraction of sp³-hybridized carbons (Fsp3) is 0.396. The summed E-state index contributed by atoms with van der Waals surface area (Å²) in [5, 5.41) is 13.5. The van der Waals surface area contributed by atoms with Crippen LogP contribution in [0.4, 0.5) is 45.5 Å². The molecule has 0 radical (unpaired) electrons. The van der Waals surface area contributed by atoms with Crippen molar-refractivity contribution in [3.8, 4) is 0 Å². The largest absolute Gasteiger partial charge is 0.398 e. The maximum atomic E-state index is 6.47. The van der Waals surface area contributed by atoms with Crippen LogP contribution in [0, 0.1) is 13.8 Å². The highest BCUT2D eigenvalue weighted by molar-refractivity contribution is 9.10. The lowest BCUT2D eigenvalue weighted by Gasteiger charge is -2.50. The van der Waals surface area contributed by atoms with Crippen LogP contribution in [0.25, 0.3) is 60.5 Å². The normalized spacial score (nSPS) is 22.1. The fourth-order valence-electron chi connectivity index (χ4n) is 21.4. The minimum Gasteiger partial charge on any atom is -0.398 e. The number of benzene rings is 10. The van der Waals surface area contributed by atoms with E-state index in [1.807, 2.05) is 52.2 Å². The van der Waals surface area contributed by atoms with Crippen molar-refractivity contribution in [2.45, 2.75) is 270 Å². The van der Waals surface area contributed by atoms with E-state index in [2.05, 4.69) is 344 Å². The molecule has 2 N–H and O–H groups in total. The van der Waals surface area contributed by atoms with Gasteiger partial charge < -0.3 is 20.4 Å². The predicted molar refractivity (Wildman–Crippen MR) is 517 cm³/mol. The van der Waals surface area contributed by atoms with Crippen molar-refractivity contribution < 1.29 is 0 Å². The minimum atomic E-state index is -0.0298. The van der Waals surface area contributed by atoms with Crippen LogP contribution < -0.4 is 20.4 Å². The first kappa shape index (κ1) is 80.9. The number of hydrogen-bond donors (Lipinski definition) is 1. The minimum absolute atomic E-state index is 0.0298. The standard InChI is InChI=1S/C53H58N2S2.C25H32ClN.C16H19BrS.C12H9NS/c1-33-26-35(29-36(27-33)55-43-21-20-34(49(2,3)4)28-42(43)52(9)22-13-14-23-53(52,55)10)54(44-18-15-17-38-37-16-11-12-19-46(37)57-48(38)44)45-32-56-47-31-41-40(30-39(45)47)50(5,6)24-25-51(41,7)8;1-17-13-19(26)16-20(14-17)27-22-10-9-18(23(2,3)4)15-21(22)24(5)11-7-8-12-25(24,27)6;1-15(2)5-6-16(3,4)12-8-14-10(7-11(12)15)13(17)9-18-14;13-10-6-3-5-9-8-4-1-2-7-11(8)14-12(9)10/h11-12,15-21,26-32H,13-14,22-25H2,1-10H3;9-10,13-16H,7-8,11-12H2,1-6H3;7-9H,5-6H2,1-4H3;1-7H,13H2. The number of anilines is 8. The summed E-state index contributed by atoms with van der Waals surface area (Å²) in [6.45, 7) is 47.9. The maximum absolute atomic E-state index is 6.47. The van der Waals surface area contributed by atoms with Crippen LogP contribution in [0.3, 0.4) is 0 Å². The van der Waals surface area contributed by atoms with Crippen molar-refractivity contribution in [2.75, 3.05) is 20.4 Å². The Hall–Kier alpha value is -7.47. The lowest BCUT2D eigenvalue weighted by Crippen LogP contribution is -2.54. The number of hydrogen-bond acceptors (Lipinski definition) is 8. The zero-order valence-corrected chi connectivity index (χ0v) is 77.9. The van der Waals surface area contributed by atoms with Gasteiger partial charge in [0.2, 0.25) is 0 Å². The van der Waals surface area contributed by atoms with Gasteiger partial charge in [-0.25, -0.2) is 0 Å². The second-order valence-corrected chi connectivity index (χ2v) is 45.9. The first-order valence-electron chi connectivity index (χ1n) is 42.7. The number of nitrogen functional groups attached to an aromatic ring is 1. The first-order chi connectivity index (χ1) is 54.7. The van der Waals surface area contributed by atoms with Crippen molar-refractivity contribution in [3.63, 3.8) is 0 Å². The summed E-state index contributed by atoms with van der Waals surface area (Å²) < 4.78 is 9.22. The number of fused-ring (bicyclic) bond motifs is 16. The van der Waals surface area contributed by atoms with E-state index < -0.39 is 0 Å². The molecule has 0 spiro atoms. The second-order valence-electron chi connectivity index (χ2n) is 40.7. The molecule has 4 unspecified atom stereocenters. The third-order valence-electron chi connectivity index (χ3n) is 29.1. The molecule has 10 aromatic carbocycles. The Morgan fingerprint density at radius 3 is 1.34 bits per heavy atom. The van der Waals surface area contributed by atoms with E-state index >= 15 is 0 Å². The molecule has 6 aliphatic rings. The second kappa shape index (κ2) is 28.9. The Balaban J connectivity index is 0.000000133. The van der Waals surface area contributed by atoms with E-state index in [1.165, 1.54) is 226 Å². The van der Waals surface area contributed by atoms with Gasteiger partial charge in [0.1, 0.15) is 0 Å². The molecule has 20 rings (SSSR count). The summed E-state index contributed by atoms with van der Waals surface area (Å²) in [7, 11) is 0. The molecule has 600 valence electrons. The molecule has 116 heavy (non-hydrogen) atoms. The van der Waals surface area contributed by atoms with E-state index in [0.717, 1.165) is 10.7 Å². The summed E-state index contributed by atoms with van der Waals surface area (Å²) in [5.74, 6) is 0. The molecule has 4 aliphatic carbocycles. The van der Waals surface area contributed by atoms with Crippen LogP contribution in [-0.4, -0.2) is 11.1 Å². The molecule has 2 saturated carbocycles. The Kier molecular flexibility index (Phi) is 20.2. The van der Waals surface area contributed by atoms with Crippen LogP contribution in [0.2, 0.25) is 5.02 Å². The molecule has 6 heterocycles. The van der Waals surface area contributed by atoms with Gasteiger partial charge in [-0.2, -0.15) is 0 Å². The highest BCUT2D eigenvalue weighted by atomic mass is 79.9. The van der Waals surface area contributed by atoms with Crippen molar-refractivity contribution >= 4 is 179 Å². The molecular weight excluding hydrogens is 1570 g/mol.